The van der Waals surface area contributed by atoms with Gasteiger partial charge >= 0.3 is 0 Å². The molecule has 0 amide bonds. The first-order chi connectivity index (χ1) is 8.38. The van der Waals surface area contributed by atoms with Gasteiger partial charge in [0.2, 0.25) is 0 Å². The molecular weight excluding hydrogens is 228 g/mol. The molecule has 0 bridgehead atoms. The van der Waals surface area contributed by atoms with Gasteiger partial charge in [0.25, 0.3) is 0 Å². The van der Waals surface area contributed by atoms with E-state index in [1.807, 2.05) is 11.3 Å². The lowest BCUT2D eigenvalue weighted by molar-refractivity contribution is 0.0776. The van der Waals surface area contributed by atoms with Crippen LogP contribution in [0.25, 0.3) is 10.2 Å². The Kier molecular flexibility index (Phi) is 2.24. The highest BCUT2D eigenvalue weighted by Gasteiger charge is 2.39. The minimum Gasteiger partial charge on any atom is -0.296 e. The molecule has 2 fully saturated rings. The Hall–Kier alpha value is -0.930. The third kappa shape index (κ3) is 1.87. The van der Waals surface area contributed by atoms with E-state index in [4.69, 9.17) is 4.98 Å². The molecule has 4 rings (SSSR count). The number of hydrogen-bond acceptors (Lipinski definition) is 3. The van der Waals surface area contributed by atoms with Crippen molar-refractivity contribution in [1.29, 1.82) is 0 Å². The Balaban J connectivity index is 1.45. The number of likely N-dealkylation sites (tertiary alicyclic amines) is 1. The second kappa shape index (κ2) is 3.79. The molecule has 1 aliphatic carbocycles. The predicted molar refractivity (Wildman–Crippen MR) is 71.1 cm³/mol. The van der Waals surface area contributed by atoms with Crippen molar-refractivity contribution in [2.75, 3.05) is 13.1 Å². The van der Waals surface area contributed by atoms with E-state index in [1.54, 1.807) is 0 Å². The van der Waals surface area contributed by atoms with Crippen molar-refractivity contribution in [3.05, 3.63) is 29.3 Å². The van der Waals surface area contributed by atoms with E-state index >= 15 is 0 Å². The number of nitrogens with zero attached hydrogens (tertiary/aromatic N) is 2. The normalized spacial score (nSPS) is 21.9. The first kappa shape index (κ1) is 10.0. The van der Waals surface area contributed by atoms with Gasteiger partial charge in [0.1, 0.15) is 5.01 Å². The van der Waals surface area contributed by atoms with Gasteiger partial charge in [-0.1, -0.05) is 12.1 Å². The van der Waals surface area contributed by atoms with Crippen molar-refractivity contribution >= 4 is 21.6 Å². The van der Waals surface area contributed by atoms with Crippen molar-refractivity contribution in [1.82, 2.24) is 9.88 Å². The van der Waals surface area contributed by atoms with E-state index in [9.17, 15) is 0 Å². The molecule has 3 heteroatoms. The van der Waals surface area contributed by atoms with Gasteiger partial charge in [0.05, 0.1) is 16.8 Å². The average Bonchev–Trinajstić information content (AvgIpc) is 3.02. The summed E-state index contributed by atoms with van der Waals surface area (Å²) in [4.78, 5) is 7.24. The van der Waals surface area contributed by atoms with E-state index in [0.29, 0.717) is 0 Å². The largest absolute Gasteiger partial charge is 0.296 e. The summed E-state index contributed by atoms with van der Waals surface area (Å²) in [7, 11) is 0. The maximum atomic E-state index is 4.70. The van der Waals surface area contributed by atoms with Crippen molar-refractivity contribution in [2.45, 2.75) is 19.4 Å². The van der Waals surface area contributed by atoms with E-state index in [0.717, 1.165) is 23.9 Å². The van der Waals surface area contributed by atoms with Crippen LogP contribution < -0.4 is 0 Å². The first-order valence-electron chi connectivity index (χ1n) is 6.45. The summed E-state index contributed by atoms with van der Waals surface area (Å²) >= 11 is 1.85. The van der Waals surface area contributed by atoms with E-state index in [-0.39, 0.29) is 0 Å². The van der Waals surface area contributed by atoms with Gasteiger partial charge in [0, 0.05) is 13.1 Å². The molecule has 1 saturated heterocycles. The lowest BCUT2D eigenvalue weighted by Crippen LogP contribution is -2.46. The molecule has 1 aliphatic heterocycles. The minimum absolute atomic E-state index is 1.00. The number of thiazole rings is 1. The van der Waals surface area contributed by atoms with Crippen LogP contribution in [0.5, 0.6) is 0 Å². The van der Waals surface area contributed by atoms with Crippen molar-refractivity contribution in [3.8, 4) is 0 Å². The lowest BCUT2D eigenvalue weighted by atomic mass is 9.95. The summed E-state index contributed by atoms with van der Waals surface area (Å²) in [5, 5.41) is 1.28. The van der Waals surface area contributed by atoms with Crippen LogP contribution in [0.4, 0.5) is 0 Å². The zero-order valence-corrected chi connectivity index (χ0v) is 10.6. The zero-order chi connectivity index (χ0) is 11.2. The van der Waals surface area contributed by atoms with Gasteiger partial charge in [-0.25, -0.2) is 4.98 Å². The smallest absolute Gasteiger partial charge is 0.108 e. The molecule has 2 nitrogen and oxygen atoms in total. The topological polar surface area (TPSA) is 16.1 Å². The highest BCUT2D eigenvalue weighted by atomic mass is 32.1. The summed E-state index contributed by atoms with van der Waals surface area (Å²) in [5.74, 6) is 2.07. The molecule has 1 aromatic carbocycles. The molecule has 0 unspecified atom stereocenters. The van der Waals surface area contributed by atoms with E-state index in [1.165, 1.54) is 35.6 Å². The molecule has 88 valence electrons. The second-order valence-electron chi connectivity index (χ2n) is 5.37. The number of benzene rings is 1. The first-order valence-corrected chi connectivity index (χ1v) is 7.27. The fourth-order valence-corrected chi connectivity index (χ4v) is 3.79. The van der Waals surface area contributed by atoms with Crippen LogP contribution in [0.2, 0.25) is 0 Å². The summed E-state index contributed by atoms with van der Waals surface area (Å²) in [5.41, 5.74) is 1.16. The van der Waals surface area contributed by atoms with Crippen LogP contribution in [-0.4, -0.2) is 23.0 Å². The highest BCUT2D eigenvalue weighted by molar-refractivity contribution is 7.18. The summed E-state index contributed by atoms with van der Waals surface area (Å²) in [6.45, 7) is 3.67. The molecule has 0 N–H and O–H groups in total. The monoisotopic (exact) mass is 244 g/mol. The van der Waals surface area contributed by atoms with Crippen molar-refractivity contribution < 1.29 is 0 Å². The van der Waals surface area contributed by atoms with Crippen LogP contribution in [0.1, 0.15) is 17.8 Å². The maximum Gasteiger partial charge on any atom is 0.108 e. The maximum absolute atomic E-state index is 4.70. The predicted octanol–water partition coefficient (Wildman–Crippen LogP) is 3.14. The third-order valence-corrected chi connectivity index (χ3v) is 4.99. The number of aromatic nitrogens is 1. The second-order valence-corrected chi connectivity index (χ2v) is 6.48. The SMILES string of the molecule is c1ccc2sc(CN3CC(C4CC4)C3)nc2c1. The molecular formula is C14H16N2S. The Morgan fingerprint density at radius 1 is 1.18 bits per heavy atom. The molecule has 2 heterocycles. The van der Waals surface area contributed by atoms with E-state index < -0.39 is 0 Å². The average molecular weight is 244 g/mol. The third-order valence-electron chi connectivity index (χ3n) is 3.97. The standard InChI is InChI=1S/C14H16N2S/c1-2-4-13-12(3-1)15-14(17-13)9-16-7-11(8-16)10-5-6-10/h1-4,10-11H,5-9H2. The number of fused-ring (bicyclic) bond motifs is 1. The molecule has 0 radical (unpaired) electrons. The Bertz CT molecular complexity index is 505. The van der Waals surface area contributed by atoms with Crippen LogP contribution in [0.15, 0.2) is 24.3 Å². The van der Waals surface area contributed by atoms with Gasteiger partial charge in [-0.2, -0.15) is 0 Å². The molecule has 2 aromatic rings. The number of para-hydroxylation sites is 1. The Morgan fingerprint density at radius 2 is 2.00 bits per heavy atom. The minimum atomic E-state index is 1.00. The number of hydrogen-bond donors (Lipinski definition) is 0. The molecule has 1 aromatic heterocycles. The summed E-state index contributed by atoms with van der Waals surface area (Å²) in [6.07, 6.45) is 2.97. The molecule has 1 saturated carbocycles. The highest BCUT2D eigenvalue weighted by Crippen LogP contribution is 2.41. The summed E-state index contributed by atoms with van der Waals surface area (Å²) in [6, 6.07) is 8.44. The van der Waals surface area contributed by atoms with Gasteiger partial charge in [-0.15, -0.1) is 11.3 Å². The van der Waals surface area contributed by atoms with Crippen LogP contribution in [0, 0.1) is 11.8 Å². The van der Waals surface area contributed by atoms with Crippen molar-refractivity contribution in [3.63, 3.8) is 0 Å². The fourth-order valence-electron chi connectivity index (χ4n) is 2.78. The van der Waals surface area contributed by atoms with E-state index in [2.05, 4.69) is 29.2 Å². The van der Waals surface area contributed by atoms with Crippen LogP contribution in [-0.2, 0) is 6.54 Å². The summed E-state index contributed by atoms with van der Waals surface area (Å²) < 4.78 is 1.32. The van der Waals surface area contributed by atoms with Gasteiger partial charge in [-0.05, 0) is 36.8 Å². The Labute approximate surface area is 105 Å². The van der Waals surface area contributed by atoms with Gasteiger partial charge < -0.3 is 0 Å². The molecule has 17 heavy (non-hydrogen) atoms. The molecule has 0 atom stereocenters. The van der Waals surface area contributed by atoms with Crippen molar-refractivity contribution in [2.24, 2.45) is 11.8 Å². The fraction of sp³-hybridized carbons (Fsp3) is 0.500. The quantitative estimate of drug-likeness (QED) is 0.824. The van der Waals surface area contributed by atoms with Gasteiger partial charge in [-0.3, -0.25) is 4.90 Å². The van der Waals surface area contributed by atoms with Gasteiger partial charge in [0.15, 0.2) is 0 Å². The Morgan fingerprint density at radius 3 is 2.76 bits per heavy atom. The lowest BCUT2D eigenvalue weighted by Gasteiger charge is -2.39. The van der Waals surface area contributed by atoms with Crippen LogP contribution in [0.3, 0.4) is 0 Å². The molecule has 0 spiro atoms. The van der Waals surface area contributed by atoms with Crippen LogP contribution >= 0.6 is 11.3 Å². The zero-order valence-electron chi connectivity index (χ0n) is 9.80. The number of rotatable bonds is 3. The molecule has 2 aliphatic rings.